The molecule has 1 aromatic carbocycles. The van der Waals surface area contributed by atoms with Crippen molar-refractivity contribution in [3.63, 3.8) is 0 Å². The van der Waals surface area contributed by atoms with Crippen LogP contribution < -0.4 is 9.47 Å². The zero-order chi connectivity index (χ0) is 19.4. The van der Waals surface area contributed by atoms with Crippen LogP contribution in [0.3, 0.4) is 0 Å². The van der Waals surface area contributed by atoms with Crippen LogP contribution >= 0.6 is 0 Å². The molecule has 0 amide bonds. The molecule has 1 aromatic rings. The Balaban J connectivity index is 2.83. The van der Waals surface area contributed by atoms with Gasteiger partial charge >= 0.3 is 5.97 Å². The highest BCUT2D eigenvalue weighted by atomic mass is 16.5. The largest absolute Gasteiger partial charge is 0.493 e. The number of methoxy groups -OCH3 is 2. The quantitative estimate of drug-likeness (QED) is 0.408. The van der Waals surface area contributed by atoms with Crippen LogP contribution in [0.5, 0.6) is 11.5 Å². The van der Waals surface area contributed by atoms with Crippen molar-refractivity contribution < 1.29 is 24.1 Å². The van der Waals surface area contributed by atoms with Crippen LogP contribution in [0, 0.1) is 0 Å². The van der Waals surface area contributed by atoms with Gasteiger partial charge in [0.2, 0.25) is 0 Å². The molecular weight excluding hydrogens is 332 g/mol. The highest BCUT2D eigenvalue weighted by Gasteiger charge is 2.17. The van der Waals surface area contributed by atoms with Crippen molar-refractivity contribution >= 4 is 5.97 Å². The number of hydrogen-bond donors (Lipinski definition) is 1. The molecule has 1 unspecified atom stereocenters. The van der Waals surface area contributed by atoms with E-state index < -0.39 is 6.10 Å². The molecule has 1 rings (SSSR count). The van der Waals surface area contributed by atoms with Gasteiger partial charge in [0.1, 0.15) is 0 Å². The number of carbonyl (C=O) groups excluding carboxylic acids is 1. The van der Waals surface area contributed by atoms with Crippen molar-refractivity contribution in [2.45, 2.75) is 71.3 Å². The molecule has 5 nitrogen and oxygen atoms in total. The third-order valence-corrected chi connectivity index (χ3v) is 4.47. The summed E-state index contributed by atoms with van der Waals surface area (Å²) in [6, 6.07) is 3.83. The number of unbranched alkanes of at least 4 members (excludes halogenated alkanes) is 3. The molecule has 0 aliphatic rings. The lowest BCUT2D eigenvalue weighted by molar-refractivity contribution is -0.143. The fraction of sp³-hybridized carbons (Fsp3) is 0.667. The minimum Gasteiger partial charge on any atom is -0.493 e. The predicted octanol–water partition coefficient (Wildman–Crippen LogP) is 4.59. The Kier molecular flexibility index (Phi) is 10.8. The molecule has 5 heteroatoms. The molecular formula is C21H34O5. The average molecular weight is 366 g/mol. The molecule has 0 aromatic heterocycles. The summed E-state index contributed by atoms with van der Waals surface area (Å²) < 4.78 is 15.8. The number of rotatable bonds is 13. The maximum Gasteiger partial charge on any atom is 0.305 e. The predicted molar refractivity (Wildman–Crippen MR) is 103 cm³/mol. The van der Waals surface area contributed by atoms with Crippen molar-refractivity contribution in [1.29, 1.82) is 0 Å². The molecule has 0 spiro atoms. The van der Waals surface area contributed by atoms with Crippen molar-refractivity contribution in [2.75, 3.05) is 20.8 Å². The van der Waals surface area contributed by atoms with Gasteiger partial charge in [-0.1, -0.05) is 26.2 Å². The van der Waals surface area contributed by atoms with Crippen LogP contribution in [0.15, 0.2) is 12.1 Å². The van der Waals surface area contributed by atoms with Crippen molar-refractivity contribution in [2.24, 2.45) is 0 Å². The Morgan fingerprint density at radius 3 is 2.35 bits per heavy atom. The number of benzene rings is 1. The molecule has 0 aliphatic heterocycles. The van der Waals surface area contributed by atoms with E-state index in [4.69, 9.17) is 14.2 Å². The van der Waals surface area contributed by atoms with E-state index >= 15 is 0 Å². The Hall–Kier alpha value is -1.75. The molecule has 26 heavy (non-hydrogen) atoms. The van der Waals surface area contributed by atoms with Gasteiger partial charge in [-0.05, 0) is 55.9 Å². The van der Waals surface area contributed by atoms with Crippen LogP contribution in [0.1, 0.15) is 76.0 Å². The highest BCUT2D eigenvalue weighted by Crippen LogP contribution is 2.35. The van der Waals surface area contributed by atoms with Gasteiger partial charge in [-0.2, -0.15) is 0 Å². The fourth-order valence-electron chi connectivity index (χ4n) is 3.02. The second kappa shape index (κ2) is 12.6. The first kappa shape index (κ1) is 22.3. The standard InChI is InChI=1S/C21H34O5/c1-5-7-8-12-18(22)17-15-20(25-4)19(24-3)14-16(17)11-9-10-13-21(23)26-6-2/h14-15,18,22H,5-13H2,1-4H3. The van der Waals surface area contributed by atoms with E-state index in [0.29, 0.717) is 24.5 Å². The summed E-state index contributed by atoms with van der Waals surface area (Å²) in [4.78, 5) is 11.5. The smallest absolute Gasteiger partial charge is 0.305 e. The average Bonchev–Trinajstić information content (AvgIpc) is 2.64. The zero-order valence-corrected chi connectivity index (χ0v) is 16.7. The first-order chi connectivity index (χ1) is 12.6. The number of hydrogen-bond acceptors (Lipinski definition) is 5. The van der Waals surface area contributed by atoms with Gasteiger partial charge in [0.15, 0.2) is 11.5 Å². The summed E-state index contributed by atoms with van der Waals surface area (Å²) in [6.45, 7) is 4.38. The van der Waals surface area contributed by atoms with Gasteiger partial charge < -0.3 is 19.3 Å². The minimum atomic E-state index is -0.513. The van der Waals surface area contributed by atoms with Gasteiger partial charge in [0.05, 0.1) is 26.9 Å². The van der Waals surface area contributed by atoms with Crippen molar-refractivity contribution in [3.8, 4) is 11.5 Å². The number of aliphatic hydroxyl groups excluding tert-OH is 1. The number of carbonyl (C=O) groups is 1. The molecule has 1 atom stereocenters. The molecule has 0 bridgehead atoms. The number of aliphatic hydroxyl groups is 1. The van der Waals surface area contributed by atoms with E-state index in [-0.39, 0.29) is 5.97 Å². The summed E-state index contributed by atoms with van der Waals surface area (Å²) >= 11 is 0. The molecule has 0 radical (unpaired) electrons. The van der Waals surface area contributed by atoms with Crippen molar-refractivity contribution in [1.82, 2.24) is 0 Å². The number of esters is 1. The number of ether oxygens (including phenoxy) is 3. The first-order valence-corrected chi connectivity index (χ1v) is 9.65. The second-order valence-corrected chi connectivity index (χ2v) is 6.43. The molecule has 1 N–H and O–H groups in total. The molecule has 0 fully saturated rings. The van der Waals surface area contributed by atoms with Crippen molar-refractivity contribution in [3.05, 3.63) is 23.3 Å². The monoisotopic (exact) mass is 366 g/mol. The van der Waals surface area contributed by atoms with E-state index in [9.17, 15) is 9.90 Å². The van der Waals surface area contributed by atoms with Crippen LogP contribution in [-0.4, -0.2) is 31.9 Å². The second-order valence-electron chi connectivity index (χ2n) is 6.43. The summed E-state index contributed by atoms with van der Waals surface area (Å²) in [7, 11) is 3.21. The van der Waals surface area contributed by atoms with Gasteiger partial charge in [-0.3, -0.25) is 4.79 Å². The fourth-order valence-corrected chi connectivity index (χ4v) is 3.02. The Bertz CT molecular complexity index is 541. The molecule has 148 valence electrons. The van der Waals surface area contributed by atoms with Gasteiger partial charge in [-0.25, -0.2) is 0 Å². The first-order valence-electron chi connectivity index (χ1n) is 9.65. The third-order valence-electron chi connectivity index (χ3n) is 4.47. The lowest BCUT2D eigenvalue weighted by atomic mass is 9.94. The number of aryl methyl sites for hydroxylation is 1. The van der Waals surface area contributed by atoms with Crippen LogP contribution in [0.2, 0.25) is 0 Å². The Morgan fingerprint density at radius 2 is 1.73 bits per heavy atom. The van der Waals surface area contributed by atoms with Gasteiger partial charge in [-0.15, -0.1) is 0 Å². The van der Waals surface area contributed by atoms with E-state index in [2.05, 4.69) is 6.92 Å². The highest BCUT2D eigenvalue weighted by molar-refractivity contribution is 5.69. The molecule has 0 heterocycles. The van der Waals surface area contributed by atoms with Gasteiger partial charge in [0, 0.05) is 6.42 Å². The lowest BCUT2D eigenvalue weighted by Crippen LogP contribution is -2.06. The summed E-state index contributed by atoms with van der Waals surface area (Å²) in [5.41, 5.74) is 1.95. The van der Waals surface area contributed by atoms with E-state index in [0.717, 1.165) is 56.1 Å². The summed E-state index contributed by atoms with van der Waals surface area (Å²) in [5.74, 6) is 1.14. The molecule has 0 saturated carbocycles. The van der Waals surface area contributed by atoms with Crippen LogP contribution in [0.4, 0.5) is 0 Å². The molecule has 0 saturated heterocycles. The Labute approximate surface area is 157 Å². The SMILES string of the molecule is CCCCCC(O)c1cc(OC)c(OC)cc1CCCCC(=O)OCC. The maximum absolute atomic E-state index is 11.5. The summed E-state index contributed by atoms with van der Waals surface area (Å²) in [6.07, 6.45) is 6.27. The van der Waals surface area contributed by atoms with E-state index in [1.165, 1.54) is 0 Å². The van der Waals surface area contributed by atoms with Crippen LogP contribution in [0.25, 0.3) is 0 Å². The third kappa shape index (κ3) is 7.24. The normalized spacial score (nSPS) is 11.9. The van der Waals surface area contributed by atoms with Crippen LogP contribution in [-0.2, 0) is 16.0 Å². The lowest BCUT2D eigenvalue weighted by Gasteiger charge is -2.19. The summed E-state index contributed by atoms with van der Waals surface area (Å²) in [5, 5.41) is 10.7. The minimum absolute atomic E-state index is 0.153. The van der Waals surface area contributed by atoms with E-state index in [1.807, 2.05) is 19.1 Å². The van der Waals surface area contributed by atoms with E-state index in [1.54, 1.807) is 14.2 Å². The Morgan fingerprint density at radius 1 is 1.04 bits per heavy atom. The van der Waals surface area contributed by atoms with Gasteiger partial charge in [0.25, 0.3) is 0 Å². The zero-order valence-electron chi connectivity index (χ0n) is 16.7. The maximum atomic E-state index is 11.5. The molecule has 0 aliphatic carbocycles. The topological polar surface area (TPSA) is 65.0 Å².